The van der Waals surface area contributed by atoms with Crippen LogP contribution in [0.4, 0.5) is 0 Å². The Labute approximate surface area is 78.4 Å². The molecule has 0 saturated heterocycles. The predicted octanol–water partition coefficient (Wildman–Crippen LogP) is 1.82. The number of hydrogen-bond donors (Lipinski definition) is 2. The molecular weight excluding hydrogens is 162 g/mol. The Morgan fingerprint density at radius 2 is 1.85 bits per heavy atom. The normalized spacial score (nSPS) is 18.5. The van der Waals surface area contributed by atoms with Gasteiger partial charge in [-0.3, -0.25) is 0 Å². The second-order valence-corrected chi connectivity index (χ2v) is 4.03. The summed E-state index contributed by atoms with van der Waals surface area (Å²) in [7, 11) is 0. The van der Waals surface area contributed by atoms with E-state index in [0.29, 0.717) is 5.75 Å². The molecule has 1 aliphatic carbocycles. The highest BCUT2D eigenvalue weighted by Crippen LogP contribution is 2.36. The zero-order valence-corrected chi connectivity index (χ0v) is 7.66. The molecule has 70 valence electrons. The molecule has 2 nitrogen and oxygen atoms in total. The fourth-order valence-electron chi connectivity index (χ4n) is 1.47. The minimum Gasteiger partial charge on any atom is -0.508 e. The van der Waals surface area contributed by atoms with Crippen molar-refractivity contribution in [2.45, 2.75) is 31.2 Å². The first-order chi connectivity index (χ1) is 6.18. The smallest absolute Gasteiger partial charge is 0.115 e. The average molecular weight is 177 g/mol. The summed E-state index contributed by atoms with van der Waals surface area (Å²) in [5.41, 5.74) is 7.37. The molecule has 0 aromatic heterocycles. The van der Waals surface area contributed by atoms with Gasteiger partial charge in [0.1, 0.15) is 5.75 Å². The van der Waals surface area contributed by atoms with E-state index in [1.165, 1.54) is 18.4 Å². The molecule has 0 atom stereocenters. The van der Waals surface area contributed by atoms with Gasteiger partial charge in [-0.25, -0.2) is 0 Å². The van der Waals surface area contributed by atoms with E-state index in [0.717, 1.165) is 12.8 Å². The van der Waals surface area contributed by atoms with Crippen LogP contribution in [0.15, 0.2) is 24.3 Å². The maximum atomic E-state index is 9.07. The van der Waals surface area contributed by atoms with E-state index in [1.54, 1.807) is 12.1 Å². The van der Waals surface area contributed by atoms with Gasteiger partial charge in [-0.2, -0.15) is 0 Å². The summed E-state index contributed by atoms with van der Waals surface area (Å²) >= 11 is 0. The van der Waals surface area contributed by atoms with E-state index in [2.05, 4.69) is 0 Å². The minimum absolute atomic E-state index is 0.137. The van der Waals surface area contributed by atoms with Gasteiger partial charge in [0.2, 0.25) is 0 Å². The first-order valence-corrected chi connectivity index (χ1v) is 4.75. The molecule has 0 amide bonds. The highest BCUT2D eigenvalue weighted by Gasteiger charge is 2.37. The molecule has 0 aliphatic heterocycles. The van der Waals surface area contributed by atoms with Gasteiger partial charge < -0.3 is 10.8 Å². The molecule has 0 spiro atoms. The largest absolute Gasteiger partial charge is 0.508 e. The molecule has 1 saturated carbocycles. The number of aryl methyl sites for hydroxylation is 1. The number of hydrogen-bond acceptors (Lipinski definition) is 2. The predicted molar refractivity (Wildman–Crippen MR) is 52.6 cm³/mol. The van der Waals surface area contributed by atoms with Crippen molar-refractivity contribution in [3.05, 3.63) is 29.8 Å². The quantitative estimate of drug-likeness (QED) is 0.739. The zero-order chi connectivity index (χ0) is 9.31. The van der Waals surface area contributed by atoms with Gasteiger partial charge in [-0.1, -0.05) is 12.1 Å². The fourth-order valence-corrected chi connectivity index (χ4v) is 1.47. The van der Waals surface area contributed by atoms with Gasteiger partial charge in [0.15, 0.2) is 0 Å². The SMILES string of the molecule is NC1(CCc2ccc(O)cc2)CC1. The Hall–Kier alpha value is -1.02. The lowest BCUT2D eigenvalue weighted by Gasteiger charge is -2.07. The minimum atomic E-state index is 0.137. The summed E-state index contributed by atoms with van der Waals surface area (Å²) in [4.78, 5) is 0. The topological polar surface area (TPSA) is 46.2 Å². The summed E-state index contributed by atoms with van der Waals surface area (Å²) in [5.74, 6) is 0.331. The van der Waals surface area contributed by atoms with E-state index < -0.39 is 0 Å². The van der Waals surface area contributed by atoms with Crippen LogP contribution in [0.1, 0.15) is 24.8 Å². The molecule has 1 fully saturated rings. The van der Waals surface area contributed by atoms with Gasteiger partial charge in [0.25, 0.3) is 0 Å². The van der Waals surface area contributed by atoms with Crippen molar-refractivity contribution in [2.24, 2.45) is 5.73 Å². The van der Waals surface area contributed by atoms with Crippen molar-refractivity contribution < 1.29 is 5.11 Å². The summed E-state index contributed by atoms with van der Waals surface area (Å²) in [6.07, 6.45) is 4.44. The Balaban J connectivity index is 1.91. The summed E-state index contributed by atoms with van der Waals surface area (Å²) in [5, 5.41) is 9.07. The summed E-state index contributed by atoms with van der Waals surface area (Å²) in [6.45, 7) is 0. The van der Waals surface area contributed by atoms with Crippen LogP contribution in [0, 0.1) is 0 Å². The van der Waals surface area contributed by atoms with Crippen molar-refractivity contribution in [2.75, 3.05) is 0 Å². The number of benzene rings is 1. The second-order valence-electron chi connectivity index (χ2n) is 4.03. The second kappa shape index (κ2) is 3.04. The van der Waals surface area contributed by atoms with Gasteiger partial charge in [-0.05, 0) is 43.4 Å². The lowest BCUT2D eigenvalue weighted by Crippen LogP contribution is -2.21. The summed E-state index contributed by atoms with van der Waals surface area (Å²) < 4.78 is 0. The third-order valence-electron chi connectivity index (χ3n) is 2.74. The van der Waals surface area contributed by atoms with Crippen LogP contribution in [0.5, 0.6) is 5.75 Å². The van der Waals surface area contributed by atoms with Gasteiger partial charge in [0, 0.05) is 5.54 Å². The maximum absolute atomic E-state index is 9.07. The van der Waals surface area contributed by atoms with Crippen LogP contribution in [0.3, 0.4) is 0 Å². The van der Waals surface area contributed by atoms with Crippen LogP contribution in [0.25, 0.3) is 0 Å². The molecule has 0 heterocycles. The van der Waals surface area contributed by atoms with Crippen LogP contribution in [0.2, 0.25) is 0 Å². The van der Waals surface area contributed by atoms with Crippen molar-refractivity contribution in [1.29, 1.82) is 0 Å². The third kappa shape index (κ3) is 2.22. The van der Waals surface area contributed by atoms with Crippen molar-refractivity contribution in [3.8, 4) is 5.75 Å². The molecule has 0 radical (unpaired) electrons. The average Bonchev–Trinajstić information content (AvgIpc) is 2.84. The molecule has 3 N–H and O–H groups in total. The van der Waals surface area contributed by atoms with Crippen molar-refractivity contribution in [1.82, 2.24) is 0 Å². The Kier molecular flexibility index (Phi) is 2.00. The number of phenols is 1. The molecule has 0 bridgehead atoms. The molecule has 0 unspecified atom stereocenters. The number of rotatable bonds is 3. The Morgan fingerprint density at radius 3 is 2.38 bits per heavy atom. The van der Waals surface area contributed by atoms with E-state index in [1.807, 2.05) is 12.1 Å². The highest BCUT2D eigenvalue weighted by atomic mass is 16.3. The molecule has 2 heteroatoms. The molecule has 1 aromatic carbocycles. The Morgan fingerprint density at radius 1 is 1.23 bits per heavy atom. The van der Waals surface area contributed by atoms with E-state index in [-0.39, 0.29) is 5.54 Å². The lowest BCUT2D eigenvalue weighted by atomic mass is 10.0. The third-order valence-corrected chi connectivity index (χ3v) is 2.74. The van der Waals surface area contributed by atoms with Crippen LogP contribution < -0.4 is 5.73 Å². The van der Waals surface area contributed by atoms with Gasteiger partial charge >= 0.3 is 0 Å². The van der Waals surface area contributed by atoms with E-state index in [4.69, 9.17) is 10.8 Å². The maximum Gasteiger partial charge on any atom is 0.115 e. The van der Waals surface area contributed by atoms with Crippen molar-refractivity contribution >= 4 is 0 Å². The zero-order valence-electron chi connectivity index (χ0n) is 7.66. The number of nitrogens with two attached hydrogens (primary N) is 1. The van der Waals surface area contributed by atoms with Gasteiger partial charge in [-0.15, -0.1) is 0 Å². The fraction of sp³-hybridized carbons (Fsp3) is 0.455. The van der Waals surface area contributed by atoms with Gasteiger partial charge in [0.05, 0.1) is 0 Å². The van der Waals surface area contributed by atoms with E-state index >= 15 is 0 Å². The standard InChI is InChI=1S/C11H15NO/c12-11(7-8-11)6-5-9-1-3-10(13)4-2-9/h1-4,13H,5-8,12H2. The summed E-state index contributed by atoms with van der Waals surface area (Å²) in [6, 6.07) is 7.37. The molecule has 13 heavy (non-hydrogen) atoms. The monoisotopic (exact) mass is 177 g/mol. The van der Waals surface area contributed by atoms with Crippen LogP contribution in [-0.4, -0.2) is 10.6 Å². The van der Waals surface area contributed by atoms with E-state index in [9.17, 15) is 0 Å². The highest BCUT2D eigenvalue weighted by molar-refractivity contribution is 5.26. The molecular formula is C11H15NO. The van der Waals surface area contributed by atoms with Crippen LogP contribution >= 0.6 is 0 Å². The number of aromatic hydroxyl groups is 1. The van der Waals surface area contributed by atoms with Crippen molar-refractivity contribution in [3.63, 3.8) is 0 Å². The Bertz CT molecular complexity index is 287. The first kappa shape index (κ1) is 8.57. The molecule has 1 aliphatic rings. The molecule has 2 rings (SSSR count). The van der Waals surface area contributed by atoms with Crippen LogP contribution in [-0.2, 0) is 6.42 Å². The number of phenolic OH excluding ortho intramolecular Hbond substituents is 1. The first-order valence-electron chi connectivity index (χ1n) is 4.75. The lowest BCUT2D eigenvalue weighted by molar-refractivity contribution is 0.475. The molecule has 1 aromatic rings.